The van der Waals surface area contributed by atoms with E-state index in [4.69, 9.17) is 4.52 Å². The Morgan fingerprint density at radius 3 is 2.56 bits per heavy atom. The summed E-state index contributed by atoms with van der Waals surface area (Å²) in [4.78, 5) is 6.28. The Morgan fingerprint density at radius 1 is 1.31 bits per heavy atom. The van der Waals surface area contributed by atoms with Gasteiger partial charge < -0.3 is 14.5 Å². The Hall–Kier alpha value is -1.10. The van der Waals surface area contributed by atoms with Crippen molar-refractivity contribution in [3.05, 3.63) is 5.89 Å². The molecule has 1 unspecified atom stereocenters. The van der Waals surface area contributed by atoms with Crippen molar-refractivity contribution in [2.45, 2.75) is 46.1 Å². The molecule has 0 fully saturated rings. The van der Waals surface area contributed by atoms with Crippen molar-refractivity contribution in [1.82, 2.24) is 10.1 Å². The van der Waals surface area contributed by atoms with Crippen molar-refractivity contribution in [3.8, 4) is 0 Å². The minimum atomic E-state index is -0.380. The lowest BCUT2D eigenvalue weighted by Crippen LogP contribution is -2.23. The predicted molar refractivity (Wildman–Crippen MR) is 62.5 cm³/mol. The lowest BCUT2D eigenvalue weighted by atomic mass is 10.1. The molecule has 1 aromatic rings. The topological polar surface area (TPSA) is 62.4 Å². The summed E-state index contributed by atoms with van der Waals surface area (Å²) in [7, 11) is 0. The highest BCUT2D eigenvalue weighted by atomic mass is 16.5. The number of hydrogen-bond donors (Lipinski definition) is 1. The van der Waals surface area contributed by atoms with Crippen LogP contribution in [0.3, 0.4) is 0 Å². The van der Waals surface area contributed by atoms with Gasteiger partial charge in [-0.2, -0.15) is 4.98 Å². The van der Waals surface area contributed by atoms with Gasteiger partial charge in [-0.3, -0.25) is 0 Å². The molecule has 92 valence electrons. The highest BCUT2D eigenvalue weighted by Gasteiger charge is 2.14. The Labute approximate surface area is 96.5 Å². The van der Waals surface area contributed by atoms with Crippen LogP contribution in [0.2, 0.25) is 0 Å². The highest BCUT2D eigenvalue weighted by molar-refractivity contribution is 5.26. The quantitative estimate of drug-likeness (QED) is 0.767. The number of aromatic nitrogens is 2. The Morgan fingerprint density at radius 2 is 2.00 bits per heavy atom. The van der Waals surface area contributed by atoms with E-state index < -0.39 is 0 Å². The molecule has 0 saturated carbocycles. The molecule has 0 amide bonds. The highest BCUT2D eigenvalue weighted by Crippen LogP contribution is 2.11. The monoisotopic (exact) mass is 227 g/mol. The number of aliphatic hydroxyl groups excluding tert-OH is 1. The van der Waals surface area contributed by atoms with Crippen LogP contribution in [0.1, 0.15) is 39.5 Å². The third-order valence-corrected chi connectivity index (χ3v) is 2.54. The minimum absolute atomic E-state index is 0.380. The number of rotatable bonds is 7. The molecule has 1 heterocycles. The molecule has 0 aliphatic carbocycles. The first-order chi connectivity index (χ1) is 7.71. The maximum atomic E-state index is 9.62. The second-order valence-corrected chi connectivity index (χ2v) is 3.81. The number of anilines is 1. The second-order valence-electron chi connectivity index (χ2n) is 3.81. The molecular formula is C11H21N3O2. The van der Waals surface area contributed by atoms with Crippen LogP contribution in [-0.2, 0) is 6.42 Å². The average molecular weight is 227 g/mol. The van der Waals surface area contributed by atoms with Gasteiger partial charge in [0.2, 0.25) is 5.89 Å². The number of aliphatic hydroxyl groups is 1. The maximum absolute atomic E-state index is 9.62. The molecule has 0 spiro atoms. The van der Waals surface area contributed by atoms with Crippen molar-refractivity contribution in [2.75, 3.05) is 18.0 Å². The first-order valence-corrected chi connectivity index (χ1v) is 5.96. The van der Waals surface area contributed by atoms with E-state index in [9.17, 15) is 5.11 Å². The van der Waals surface area contributed by atoms with Gasteiger partial charge in [0.25, 0.3) is 5.95 Å². The second kappa shape index (κ2) is 6.48. The molecule has 1 atom stereocenters. The SMILES string of the molecule is CCCC(O)Cc1nc(N(CC)CC)no1. The van der Waals surface area contributed by atoms with Crippen molar-refractivity contribution in [2.24, 2.45) is 0 Å². The molecule has 5 heteroatoms. The molecule has 1 aromatic heterocycles. The van der Waals surface area contributed by atoms with Crippen LogP contribution in [0.15, 0.2) is 4.52 Å². The average Bonchev–Trinajstić information content (AvgIpc) is 2.68. The molecule has 0 radical (unpaired) electrons. The maximum Gasteiger partial charge on any atom is 0.266 e. The van der Waals surface area contributed by atoms with Crippen LogP contribution >= 0.6 is 0 Å². The van der Waals surface area contributed by atoms with E-state index in [0.717, 1.165) is 25.9 Å². The van der Waals surface area contributed by atoms with Gasteiger partial charge in [0.1, 0.15) is 0 Å². The third-order valence-electron chi connectivity index (χ3n) is 2.54. The van der Waals surface area contributed by atoms with E-state index in [1.807, 2.05) is 25.7 Å². The van der Waals surface area contributed by atoms with Gasteiger partial charge in [-0.1, -0.05) is 13.3 Å². The summed E-state index contributed by atoms with van der Waals surface area (Å²) in [5.74, 6) is 1.13. The summed E-state index contributed by atoms with van der Waals surface area (Å²) in [6.45, 7) is 7.84. The van der Waals surface area contributed by atoms with Gasteiger partial charge in [-0.25, -0.2) is 0 Å². The molecule has 16 heavy (non-hydrogen) atoms. The molecule has 0 bridgehead atoms. The van der Waals surface area contributed by atoms with Crippen molar-refractivity contribution in [1.29, 1.82) is 0 Å². The van der Waals surface area contributed by atoms with E-state index in [2.05, 4.69) is 10.1 Å². The van der Waals surface area contributed by atoms with Crippen LogP contribution in [0.25, 0.3) is 0 Å². The fourth-order valence-corrected chi connectivity index (χ4v) is 1.60. The van der Waals surface area contributed by atoms with Gasteiger partial charge in [0.05, 0.1) is 12.5 Å². The van der Waals surface area contributed by atoms with Gasteiger partial charge in [0, 0.05) is 13.1 Å². The predicted octanol–water partition coefficient (Wildman–Crippen LogP) is 1.62. The summed E-state index contributed by atoms with van der Waals surface area (Å²) >= 11 is 0. The molecule has 0 aliphatic heterocycles. The summed E-state index contributed by atoms with van der Waals surface area (Å²) < 4.78 is 5.10. The Kier molecular flexibility index (Phi) is 5.25. The van der Waals surface area contributed by atoms with Gasteiger partial charge in [0.15, 0.2) is 0 Å². The third kappa shape index (κ3) is 3.48. The fraction of sp³-hybridized carbons (Fsp3) is 0.818. The molecular weight excluding hydrogens is 206 g/mol. The van der Waals surface area contributed by atoms with Crippen LogP contribution in [-0.4, -0.2) is 34.4 Å². The molecule has 5 nitrogen and oxygen atoms in total. The van der Waals surface area contributed by atoms with E-state index in [-0.39, 0.29) is 6.10 Å². The molecule has 1 N–H and O–H groups in total. The first kappa shape index (κ1) is 13.0. The molecule has 0 saturated heterocycles. The largest absolute Gasteiger partial charge is 0.393 e. The van der Waals surface area contributed by atoms with Crippen LogP contribution in [0, 0.1) is 0 Å². The van der Waals surface area contributed by atoms with Crippen molar-refractivity contribution in [3.63, 3.8) is 0 Å². The van der Waals surface area contributed by atoms with E-state index in [0.29, 0.717) is 18.3 Å². The molecule has 0 aromatic carbocycles. The Balaban J connectivity index is 2.57. The Bertz CT molecular complexity index is 297. The van der Waals surface area contributed by atoms with E-state index in [1.54, 1.807) is 0 Å². The van der Waals surface area contributed by atoms with Gasteiger partial charge in [-0.15, -0.1) is 0 Å². The number of nitrogens with zero attached hydrogens (tertiary/aromatic N) is 3. The summed E-state index contributed by atoms with van der Waals surface area (Å²) in [5.41, 5.74) is 0. The summed E-state index contributed by atoms with van der Waals surface area (Å²) in [6.07, 6.45) is 1.79. The first-order valence-electron chi connectivity index (χ1n) is 5.96. The van der Waals surface area contributed by atoms with E-state index in [1.165, 1.54) is 0 Å². The van der Waals surface area contributed by atoms with Crippen LogP contribution in [0.4, 0.5) is 5.95 Å². The lowest BCUT2D eigenvalue weighted by molar-refractivity contribution is 0.152. The standard InChI is InChI=1S/C11H21N3O2/c1-4-7-9(15)8-10-12-11(13-16-10)14(5-2)6-3/h9,15H,4-8H2,1-3H3. The van der Waals surface area contributed by atoms with E-state index >= 15 is 0 Å². The van der Waals surface area contributed by atoms with Crippen molar-refractivity contribution >= 4 is 5.95 Å². The fourth-order valence-electron chi connectivity index (χ4n) is 1.60. The van der Waals surface area contributed by atoms with Gasteiger partial charge >= 0.3 is 0 Å². The molecule has 1 rings (SSSR count). The molecule has 0 aliphatic rings. The summed E-state index contributed by atoms with van der Waals surface area (Å²) in [6, 6.07) is 0. The van der Waals surface area contributed by atoms with Crippen molar-refractivity contribution < 1.29 is 9.63 Å². The lowest BCUT2D eigenvalue weighted by Gasteiger charge is -2.14. The minimum Gasteiger partial charge on any atom is -0.393 e. The van der Waals surface area contributed by atoms with Gasteiger partial charge in [-0.05, 0) is 25.4 Å². The van der Waals surface area contributed by atoms with Crippen LogP contribution in [0.5, 0.6) is 0 Å². The number of hydrogen-bond acceptors (Lipinski definition) is 5. The smallest absolute Gasteiger partial charge is 0.266 e. The van der Waals surface area contributed by atoms with Crippen LogP contribution < -0.4 is 4.90 Å². The normalized spacial score (nSPS) is 12.8. The zero-order valence-electron chi connectivity index (χ0n) is 10.3. The zero-order valence-corrected chi connectivity index (χ0v) is 10.3. The summed E-state index contributed by atoms with van der Waals surface area (Å²) in [5, 5.41) is 13.5. The zero-order chi connectivity index (χ0) is 12.0.